The van der Waals surface area contributed by atoms with Crippen molar-refractivity contribution in [1.29, 1.82) is 0 Å². The first-order valence-corrected chi connectivity index (χ1v) is 21.3. The van der Waals surface area contributed by atoms with Crippen molar-refractivity contribution in [2.45, 2.75) is 161 Å². The smallest absolute Gasteiger partial charge is 0.472 e. The van der Waals surface area contributed by atoms with Crippen LogP contribution in [-0.4, -0.2) is 64.9 Å². The van der Waals surface area contributed by atoms with Crippen LogP contribution in [0.4, 0.5) is 0 Å². The Morgan fingerprint density at radius 3 is 1.64 bits per heavy atom. The van der Waals surface area contributed by atoms with Gasteiger partial charge in [0, 0.05) is 12.8 Å². The molecule has 1 amide bonds. The molecule has 3 atom stereocenters. The number of hydrogen-bond donors (Lipinski definition) is 4. The highest BCUT2D eigenvalue weighted by Crippen LogP contribution is 2.43. The van der Waals surface area contributed by atoms with E-state index in [0.717, 1.165) is 83.5 Å². The van der Waals surface area contributed by atoms with Gasteiger partial charge >= 0.3 is 19.8 Å². The van der Waals surface area contributed by atoms with Crippen molar-refractivity contribution in [2.24, 2.45) is 0 Å². The minimum absolute atomic E-state index is 0.121. The summed E-state index contributed by atoms with van der Waals surface area (Å²) < 4.78 is 26.7. The zero-order chi connectivity index (χ0) is 39.3. The van der Waals surface area contributed by atoms with Gasteiger partial charge in [-0.3, -0.25) is 18.6 Å². The van der Waals surface area contributed by atoms with Crippen molar-refractivity contribution >= 4 is 25.7 Å². The Labute approximate surface area is 319 Å². The van der Waals surface area contributed by atoms with Crippen LogP contribution in [0.2, 0.25) is 0 Å². The number of carboxylic acids is 1. The van der Waals surface area contributed by atoms with Crippen molar-refractivity contribution in [2.75, 3.05) is 19.8 Å². The van der Waals surface area contributed by atoms with Crippen LogP contribution in [0.5, 0.6) is 0 Å². The topological polar surface area (TPSA) is 169 Å². The van der Waals surface area contributed by atoms with E-state index in [9.17, 15) is 34.1 Å². The van der Waals surface area contributed by atoms with Gasteiger partial charge in [-0.05, 0) is 57.8 Å². The van der Waals surface area contributed by atoms with E-state index >= 15 is 0 Å². The summed E-state index contributed by atoms with van der Waals surface area (Å²) in [6.45, 7) is 2.40. The zero-order valence-electron chi connectivity index (χ0n) is 32.5. The Morgan fingerprint density at radius 2 is 1.09 bits per heavy atom. The molecule has 0 aliphatic rings. The standard InChI is InChI=1S/C41H70NO10P/c1-3-5-7-9-11-13-14-15-16-17-18-19-20-21-22-23-24-25-26-28-30-32-39(44)42-38(41(46)47)36-52-53(48,49)51-35-37(43)34-50-40(45)33-31-29-27-12-10-8-6-4-2/h5,7,11,13,15-16,18-19,21-22,37-38,43H,3-4,6,8-10,12,14,17,20,23-36H2,1-2H3,(H,42,44)(H,46,47)(H,48,49)/b7-5-,13-11-,16-15-,19-18-,22-21-. The normalized spacial score (nSPS) is 14.5. The molecule has 0 aromatic carbocycles. The monoisotopic (exact) mass is 767 g/mol. The number of carboxylic acid groups (broad SMARTS) is 1. The summed E-state index contributed by atoms with van der Waals surface area (Å²) in [7, 11) is -4.75. The van der Waals surface area contributed by atoms with Crippen LogP contribution in [0.1, 0.15) is 149 Å². The molecule has 0 saturated heterocycles. The number of carbonyl (C=O) groups excluding carboxylic acids is 2. The fraction of sp³-hybridized carbons (Fsp3) is 0.683. The summed E-state index contributed by atoms with van der Waals surface area (Å²) in [5.74, 6) is -2.41. The van der Waals surface area contributed by atoms with Crippen molar-refractivity contribution < 1.29 is 47.8 Å². The molecule has 0 aliphatic carbocycles. The van der Waals surface area contributed by atoms with Gasteiger partial charge in [0.05, 0.1) is 13.2 Å². The van der Waals surface area contributed by atoms with Crippen molar-refractivity contribution in [3.05, 3.63) is 60.8 Å². The number of ether oxygens (including phenoxy) is 1. The van der Waals surface area contributed by atoms with Gasteiger partial charge < -0.3 is 25.2 Å². The largest absolute Gasteiger partial charge is 0.480 e. The van der Waals surface area contributed by atoms with E-state index in [1.165, 1.54) is 25.7 Å². The van der Waals surface area contributed by atoms with Crippen LogP contribution in [0, 0.1) is 0 Å². The second-order valence-corrected chi connectivity index (χ2v) is 14.5. The minimum Gasteiger partial charge on any atom is -0.480 e. The summed E-state index contributed by atoms with van der Waals surface area (Å²) in [5.41, 5.74) is 0. The molecule has 0 saturated carbocycles. The molecule has 0 heterocycles. The molecule has 0 aliphatic heterocycles. The van der Waals surface area contributed by atoms with Crippen LogP contribution in [0.3, 0.4) is 0 Å². The summed E-state index contributed by atoms with van der Waals surface area (Å²) in [6.07, 6.45) is 39.8. The van der Waals surface area contributed by atoms with Gasteiger partial charge in [0.2, 0.25) is 5.91 Å². The van der Waals surface area contributed by atoms with Crippen LogP contribution in [0.15, 0.2) is 60.8 Å². The lowest BCUT2D eigenvalue weighted by Gasteiger charge is -2.18. The van der Waals surface area contributed by atoms with Gasteiger partial charge in [-0.25, -0.2) is 9.36 Å². The highest BCUT2D eigenvalue weighted by molar-refractivity contribution is 7.47. The van der Waals surface area contributed by atoms with E-state index in [2.05, 4.69) is 79.9 Å². The van der Waals surface area contributed by atoms with Crippen LogP contribution in [0.25, 0.3) is 0 Å². The minimum atomic E-state index is -4.75. The number of aliphatic carboxylic acids is 1. The van der Waals surface area contributed by atoms with Gasteiger partial charge in [-0.1, -0.05) is 139 Å². The first-order valence-electron chi connectivity index (χ1n) is 19.8. The number of aliphatic hydroxyl groups excluding tert-OH is 1. The average molecular weight is 768 g/mol. The predicted octanol–water partition coefficient (Wildman–Crippen LogP) is 9.61. The third-order valence-corrected chi connectivity index (χ3v) is 9.02. The molecular formula is C41H70NO10P. The SMILES string of the molecule is CC/C=C\C/C=C\C/C=C\C/C=C\C/C=C\CCCCCCCC(=O)NC(COP(=O)(O)OCC(O)COC(=O)CCCCCCCCCC)C(=O)O. The molecule has 0 aromatic heterocycles. The number of nitrogens with one attached hydrogen (secondary N) is 1. The number of phosphoric ester groups is 1. The molecule has 0 spiro atoms. The Hall–Kier alpha value is -2.82. The number of unbranched alkanes of at least 4 members (excludes halogenated alkanes) is 12. The number of carbonyl (C=O) groups is 3. The van der Waals surface area contributed by atoms with Crippen LogP contribution in [-0.2, 0) is 32.7 Å². The molecule has 4 N–H and O–H groups in total. The van der Waals surface area contributed by atoms with E-state index < -0.39 is 57.6 Å². The molecule has 304 valence electrons. The third kappa shape index (κ3) is 36.0. The number of esters is 1. The molecule has 0 bridgehead atoms. The maximum atomic E-state index is 12.3. The molecule has 0 fully saturated rings. The Bertz CT molecular complexity index is 1130. The number of hydrogen-bond acceptors (Lipinski definition) is 8. The van der Waals surface area contributed by atoms with Gasteiger partial charge in [0.25, 0.3) is 0 Å². The molecule has 53 heavy (non-hydrogen) atoms. The first kappa shape index (κ1) is 50.2. The summed E-state index contributed by atoms with van der Waals surface area (Å²) in [5, 5.41) is 21.7. The Kier molecular flexibility index (Phi) is 34.2. The fourth-order valence-corrected chi connectivity index (χ4v) is 5.76. The lowest BCUT2D eigenvalue weighted by Crippen LogP contribution is -2.43. The lowest BCUT2D eigenvalue weighted by atomic mass is 10.1. The molecule has 11 nitrogen and oxygen atoms in total. The number of aliphatic hydroxyl groups is 1. The lowest BCUT2D eigenvalue weighted by molar-refractivity contribution is -0.147. The maximum Gasteiger partial charge on any atom is 0.472 e. The number of rotatable bonds is 36. The average Bonchev–Trinajstić information content (AvgIpc) is 3.13. The van der Waals surface area contributed by atoms with E-state index in [1.54, 1.807) is 0 Å². The van der Waals surface area contributed by atoms with Crippen molar-refractivity contribution in [1.82, 2.24) is 5.32 Å². The van der Waals surface area contributed by atoms with E-state index in [4.69, 9.17) is 13.8 Å². The fourth-order valence-electron chi connectivity index (χ4n) is 4.99. The number of amides is 1. The summed E-state index contributed by atoms with van der Waals surface area (Å²) in [6, 6.07) is -1.56. The summed E-state index contributed by atoms with van der Waals surface area (Å²) in [4.78, 5) is 45.7. The van der Waals surface area contributed by atoms with Gasteiger partial charge in [0.15, 0.2) is 6.04 Å². The quantitative estimate of drug-likeness (QED) is 0.0208. The second kappa shape index (κ2) is 36.2. The second-order valence-electron chi connectivity index (χ2n) is 13.1. The highest BCUT2D eigenvalue weighted by atomic mass is 31.2. The Morgan fingerprint density at radius 1 is 0.623 bits per heavy atom. The summed E-state index contributed by atoms with van der Waals surface area (Å²) >= 11 is 0. The van der Waals surface area contributed by atoms with Gasteiger partial charge in [0.1, 0.15) is 12.7 Å². The maximum absolute atomic E-state index is 12.3. The molecular weight excluding hydrogens is 697 g/mol. The van der Waals surface area contributed by atoms with E-state index in [1.807, 2.05) is 0 Å². The number of allylic oxidation sites excluding steroid dienone is 10. The zero-order valence-corrected chi connectivity index (χ0v) is 33.4. The van der Waals surface area contributed by atoms with Crippen LogP contribution >= 0.6 is 7.82 Å². The Balaban J connectivity index is 3.99. The van der Waals surface area contributed by atoms with Crippen LogP contribution < -0.4 is 5.32 Å². The van der Waals surface area contributed by atoms with E-state index in [0.29, 0.717) is 12.8 Å². The molecule has 0 aromatic rings. The first-order chi connectivity index (χ1) is 25.6. The van der Waals surface area contributed by atoms with Crippen molar-refractivity contribution in [3.8, 4) is 0 Å². The molecule has 0 radical (unpaired) electrons. The molecule has 12 heteroatoms. The predicted molar refractivity (Wildman–Crippen MR) is 212 cm³/mol. The van der Waals surface area contributed by atoms with Gasteiger partial charge in [-0.2, -0.15) is 0 Å². The van der Waals surface area contributed by atoms with Gasteiger partial charge in [-0.15, -0.1) is 0 Å². The molecule has 3 unspecified atom stereocenters. The molecule has 0 rings (SSSR count). The number of phosphoric acid groups is 1. The highest BCUT2D eigenvalue weighted by Gasteiger charge is 2.28. The van der Waals surface area contributed by atoms with Crippen molar-refractivity contribution in [3.63, 3.8) is 0 Å². The van der Waals surface area contributed by atoms with E-state index in [-0.39, 0.29) is 12.8 Å². The third-order valence-electron chi connectivity index (χ3n) is 8.07.